The summed E-state index contributed by atoms with van der Waals surface area (Å²) in [5, 5.41) is 0. The van der Waals surface area contributed by atoms with Gasteiger partial charge in [0.05, 0.1) is 0 Å². The fourth-order valence-corrected chi connectivity index (χ4v) is 4.58. The van der Waals surface area contributed by atoms with E-state index in [-0.39, 0.29) is 24.8 Å². The van der Waals surface area contributed by atoms with Gasteiger partial charge >= 0.3 is 72.4 Å². The van der Waals surface area contributed by atoms with E-state index in [1.807, 2.05) is 18.2 Å². The van der Waals surface area contributed by atoms with Crippen molar-refractivity contribution in [3.8, 4) is 11.1 Å². The van der Waals surface area contributed by atoms with Crippen LogP contribution in [0.3, 0.4) is 0 Å². The predicted octanol–water partition coefficient (Wildman–Crippen LogP) is 0.677. The molecule has 3 heteroatoms. The monoisotopic (exact) mass is 500 g/mol. The maximum Gasteiger partial charge on any atom is -0.0253 e. The van der Waals surface area contributed by atoms with Gasteiger partial charge in [-0.3, -0.25) is 6.08 Å². The molecule has 0 spiro atoms. The summed E-state index contributed by atoms with van der Waals surface area (Å²) in [6, 6.07) is 18.1. The van der Waals surface area contributed by atoms with E-state index in [0.29, 0.717) is 0 Å². The van der Waals surface area contributed by atoms with Crippen LogP contribution in [0.1, 0.15) is 56.6 Å². The third-order valence-corrected chi connectivity index (χ3v) is 6.42. The molecule has 0 amide bonds. The Morgan fingerprint density at radius 1 is 0.966 bits per heavy atom. The number of halogens is 2. The van der Waals surface area contributed by atoms with Gasteiger partial charge in [0.1, 0.15) is 0 Å². The largest absolute Gasteiger partial charge is 1.00 e. The molecule has 3 aliphatic rings. The number of hydrogen-bond acceptors (Lipinski definition) is 0. The van der Waals surface area contributed by atoms with Crippen LogP contribution >= 0.6 is 0 Å². The Morgan fingerprint density at radius 2 is 1.69 bits per heavy atom. The summed E-state index contributed by atoms with van der Waals surface area (Å²) >= 11 is 1.66. The van der Waals surface area contributed by atoms with Crippen molar-refractivity contribution in [3.05, 3.63) is 84.0 Å². The molecular formula is C26H28Cl2Zr-2. The number of benzene rings is 2. The predicted molar refractivity (Wildman–Crippen MR) is 112 cm³/mol. The quantitative estimate of drug-likeness (QED) is 0.430. The zero-order chi connectivity index (χ0) is 18.9. The van der Waals surface area contributed by atoms with Gasteiger partial charge in [0.2, 0.25) is 0 Å². The first-order chi connectivity index (χ1) is 13.3. The topological polar surface area (TPSA) is 0 Å². The SMILES string of the molecule is C[C](=[Zr+2])C1CCCCC1.[C-]1=CC=CC1.[Cl-].[Cl-].[c-]1cccc2c1Cc1ccccc1-2. The van der Waals surface area contributed by atoms with Gasteiger partial charge < -0.3 is 24.8 Å². The molecule has 0 aromatic heterocycles. The van der Waals surface area contributed by atoms with Crippen LogP contribution in [0.25, 0.3) is 11.1 Å². The van der Waals surface area contributed by atoms with Gasteiger partial charge in [-0.1, -0.05) is 35.4 Å². The summed E-state index contributed by atoms with van der Waals surface area (Å²) in [4.78, 5) is 0. The molecule has 0 nitrogen and oxygen atoms in total. The van der Waals surface area contributed by atoms with Gasteiger partial charge in [0.15, 0.2) is 0 Å². The Labute approximate surface area is 204 Å². The maximum atomic E-state index is 3.30. The molecule has 0 bridgehead atoms. The van der Waals surface area contributed by atoms with E-state index < -0.39 is 0 Å². The van der Waals surface area contributed by atoms with Crippen LogP contribution in [0, 0.1) is 18.1 Å². The van der Waals surface area contributed by atoms with Gasteiger partial charge in [-0.25, -0.2) is 12.2 Å². The minimum absolute atomic E-state index is 0. The minimum Gasteiger partial charge on any atom is -1.00 e. The molecule has 2 aromatic carbocycles. The van der Waals surface area contributed by atoms with E-state index in [1.54, 1.807) is 27.4 Å². The first-order valence-corrected chi connectivity index (χ1v) is 11.3. The van der Waals surface area contributed by atoms with Gasteiger partial charge in [0.25, 0.3) is 0 Å². The number of allylic oxidation sites excluding steroid dienone is 4. The molecule has 0 heterocycles. The molecule has 2 aromatic rings. The van der Waals surface area contributed by atoms with Gasteiger partial charge in [0, 0.05) is 0 Å². The molecule has 0 aliphatic heterocycles. The molecule has 0 atom stereocenters. The van der Waals surface area contributed by atoms with E-state index >= 15 is 0 Å². The summed E-state index contributed by atoms with van der Waals surface area (Å²) in [6.45, 7) is 2.31. The van der Waals surface area contributed by atoms with Crippen LogP contribution in [0.5, 0.6) is 0 Å². The van der Waals surface area contributed by atoms with Crippen molar-refractivity contribution < 1.29 is 49.0 Å². The van der Waals surface area contributed by atoms with Crippen LogP contribution in [0.2, 0.25) is 0 Å². The zero-order valence-corrected chi connectivity index (χ0v) is 21.0. The van der Waals surface area contributed by atoms with Crippen LogP contribution in [0.15, 0.2) is 60.7 Å². The first kappa shape index (κ1) is 26.3. The Morgan fingerprint density at radius 3 is 2.28 bits per heavy atom. The third-order valence-electron chi connectivity index (χ3n) is 5.42. The van der Waals surface area contributed by atoms with Crippen molar-refractivity contribution in [2.45, 2.75) is 51.9 Å². The normalized spacial score (nSPS) is 15.4. The molecule has 1 fully saturated rings. The van der Waals surface area contributed by atoms with Crippen molar-refractivity contribution in [3.63, 3.8) is 0 Å². The van der Waals surface area contributed by atoms with Crippen molar-refractivity contribution in [1.29, 1.82) is 0 Å². The van der Waals surface area contributed by atoms with Gasteiger partial charge in [-0.2, -0.15) is 35.9 Å². The minimum atomic E-state index is 0. The first-order valence-electron chi connectivity index (χ1n) is 10.1. The molecule has 0 saturated heterocycles. The third kappa shape index (κ3) is 8.12. The number of rotatable bonds is 1. The second-order valence-corrected chi connectivity index (χ2v) is 9.36. The Bertz CT molecular complexity index is 763. The fraction of sp³-hybridized carbons (Fsp3) is 0.346. The van der Waals surface area contributed by atoms with Gasteiger partial charge in [-0.05, 0) is 6.42 Å². The van der Waals surface area contributed by atoms with Crippen molar-refractivity contribution in [2.24, 2.45) is 5.92 Å². The van der Waals surface area contributed by atoms with E-state index in [0.717, 1.165) is 18.8 Å². The molecule has 1 saturated carbocycles. The second kappa shape index (κ2) is 14.3. The summed E-state index contributed by atoms with van der Waals surface area (Å²) in [5.41, 5.74) is 5.51. The standard InChI is InChI=1S/C13H9.C8H14.C5H5.2ClH.Zr/c1-3-7-12-10(5-1)9-11-6-2-4-8-13(11)12;1-2-8-6-4-3-5-7-8;1-2-4-5-3-1;;;/h1-5,7-8H,9H2;8H,3-7H2,1H3;1-3H,4H2;2*1H;/q-1;;-1;;;+2/p-2. The summed E-state index contributed by atoms with van der Waals surface area (Å²) in [5.74, 6) is 1.01. The van der Waals surface area contributed by atoms with Crippen LogP contribution in [-0.2, 0) is 30.7 Å². The summed E-state index contributed by atoms with van der Waals surface area (Å²) in [6.07, 6.45) is 18.5. The molecule has 0 radical (unpaired) electrons. The van der Waals surface area contributed by atoms with Crippen LogP contribution < -0.4 is 24.8 Å². The van der Waals surface area contributed by atoms with Crippen LogP contribution in [0.4, 0.5) is 0 Å². The molecular weight excluding hydrogens is 474 g/mol. The smallest absolute Gasteiger partial charge is 0.0253 e. The Hall–Kier alpha value is -0.747. The van der Waals surface area contributed by atoms with Crippen molar-refractivity contribution >= 4 is 3.21 Å². The molecule has 0 N–H and O–H groups in total. The summed E-state index contributed by atoms with van der Waals surface area (Å²) in [7, 11) is 0. The van der Waals surface area contributed by atoms with E-state index in [2.05, 4.69) is 61.5 Å². The number of fused-ring (bicyclic) bond motifs is 3. The molecule has 5 rings (SSSR count). The van der Waals surface area contributed by atoms with E-state index in [4.69, 9.17) is 0 Å². The maximum absolute atomic E-state index is 3.30. The van der Waals surface area contributed by atoms with Crippen molar-refractivity contribution in [2.75, 3.05) is 0 Å². The molecule has 152 valence electrons. The van der Waals surface area contributed by atoms with Crippen LogP contribution in [-0.4, -0.2) is 3.21 Å². The Balaban J connectivity index is 0.000000231. The van der Waals surface area contributed by atoms with Gasteiger partial charge in [-0.15, -0.1) is 12.0 Å². The Kier molecular flexibility index (Phi) is 13.0. The average molecular weight is 503 g/mol. The van der Waals surface area contributed by atoms with E-state index in [9.17, 15) is 0 Å². The fourth-order valence-electron chi connectivity index (χ4n) is 3.87. The number of hydrogen-bond donors (Lipinski definition) is 0. The average Bonchev–Trinajstić information content (AvgIpc) is 3.41. The summed E-state index contributed by atoms with van der Waals surface area (Å²) < 4.78 is 1.74. The molecule has 3 aliphatic carbocycles. The zero-order valence-electron chi connectivity index (χ0n) is 17.1. The van der Waals surface area contributed by atoms with E-state index in [1.165, 1.54) is 54.4 Å². The van der Waals surface area contributed by atoms with Crippen molar-refractivity contribution in [1.82, 2.24) is 0 Å². The molecule has 0 unspecified atom stereocenters. The molecule has 29 heavy (non-hydrogen) atoms. The second-order valence-electron chi connectivity index (χ2n) is 7.42.